The normalized spacial score (nSPS) is 11.4. The van der Waals surface area contributed by atoms with Crippen molar-refractivity contribution < 1.29 is 0 Å². The summed E-state index contributed by atoms with van der Waals surface area (Å²) in [5.74, 6) is 0. The van der Waals surface area contributed by atoms with Gasteiger partial charge in [-0.05, 0) is 39.2 Å². The Morgan fingerprint density at radius 2 is 2.06 bits per heavy atom. The van der Waals surface area contributed by atoms with Crippen molar-refractivity contribution >= 4 is 21.6 Å². The van der Waals surface area contributed by atoms with Gasteiger partial charge in [-0.1, -0.05) is 23.5 Å². The number of hydrogen-bond acceptors (Lipinski definition) is 3. The highest BCUT2D eigenvalue weighted by Crippen LogP contribution is 2.16. The monoisotopic (exact) mass is 236 g/mol. The van der Waals surface area contributed by atoms with E-state index < -0.39 is 0 Å². The Morgan fingerprint density at radius 3 is 2.81 bits per heavy atom. The molecule has 86 valence electrons. The molecule has 1 heterocycles. The second-order valence-electron chi connectivity index (χ2n) is 4.14. The Kier molecular flexibility index (Phi) is 3.41. The van der Waals surface area contributed by atoms with E-state index in [1.54, 1.807) is 0 Å². The van der Waals surface area contributed by atoms with Crippen LogP contribution in [-0.4, -0.2) is 30.1 Å². The molecule has 0 saturated heterocycles. The highest BCUT2D eigenvalue weighted by Gasteiger charge is 2.05. The lowest BCUT2D eigenvalue weighted by molar-refractivity contribution is 0.387. The lowest BCUT2D eigenvalue weighted by atomic mass is 10.3. The van der Waals surface area contributed by atoms with E-state index in [1.165, 1.54) is 11.3 Å². The first-order chi connectivity index (χ1) is 7.68. The molecule has 1 aromatic heterocycles. The third-order valence-electron chi connectivity index (χ3n) is 2.56. The smallest absolute Gasteiger partial charge is 0.308 e. The Hall–Kier alpha value is -1.13. The number of rotatable bonds is 4. The molecule has 0 atom stereocenters. The van der Waals surface area contributed by atoms with Crippen molar-refractivity contribution in [3.8, 4) is 0 Å². The van der Waals surface area contributed by atoms with Crippen molar-refractivity contribution in [1.82, 2.24) is 9.47 Å². The van der Waals surface area contributed by atoms with Crippen LogP contribution in [0.5, 0.6) is 0 Å². The van der Waals surface area contributed by atoms with Crippen LogP contribution in [0.15, 0.2) is 29.1 Å². The second kappa shape index (κ2) is 4.80. The minimum absolute atomic E-state index is 0.153. The maximum atomic E-state index is 11.8. The average molecular weight is 236 g/mol. The third kappa shape index (κ3) is 2.33. The molecule has 0 bridgehead atoms. The molecule has 0 radical (unpaired) electrons. The van der Waals surface area contributed by atoms with Crippen LogP contribution in [0.25, 0.3) is 10.2 Å². The molecule has 0 saturated carbocycles. The van der Waals surface area contributed by atoms with Gasteiger partial charge in [0.1, 0.15) is 0 Å². The number of para-hydroxylation sites is 1. The van der Waals surface area contributed by atoms with Crippen molar-refractivity contribution in [2.24, 2.45) is 0 Å². The summed E-state index contributed by atoms with van der Waals surface area (Å²) in [5, 5.41) is 0. The molecule has 0 spiro atoms. The van der Waals surface area contributed by atoms with E-state index in [2.05, 4.69) is 19.0 Å². The van der Waals surface area contributed by atoms with Crippen molar-refractivity contribution in [3.63, 3.8) is 0 Å². The van der Waals surface area contributed by atoms with Gasteiger partial charge in [0.05, 0.1) is 10.2 Å². The first-order valence-electron chi connectivity index (χ1n) is 5.41. The largest absolute Gasteiger partial charge is 0.309 e. The van der Waals surface area contributed by atoms with Crippen LogP contribution in [-0.2, 0) is 6.54 Å². The van der Waals surface area contributed by atoms with Gasteiger partial charge in [0.2, 0.25) is 0 Å². The lowest BCUT2D eigenvalue weighted by Gasteiger charge is -2.09. The number of aromatic nitrogens is 1. The molecule has 4 heteroatoms. The summed E-state index contributed by atoms with van der Waals surface area (Å²) in [4.78, 5) is 14.1. The molecule has 0 unspecified atom stereocenters. The number of hydrogen-bond donors (Lipinski definition) is 0. The second-order valence-corrected chi connectivity index (χ2v) is 5.14. The standard InChI is InChI=1S/C12H16N2OS/c1-13(2)8-5-9-14-10-6-3-4-7-11(10)16-12(14)15/h3-4,6-7H,5,8-9H2,1-2H3. The molecule has 0 amide bonds. The van der Waals surface area contributed by atoms with Crippen LogP contribution in [0.4, 0.5) is 0 Å². The first-order valence-corrected chi connectivity index (χ1v) is 6.23. The highest BCUT2D eigenvalue weighted by molar-refractivity contribution is 7.16. The zero-order valence-corrected chi connectivity index (χ0v) is 10.5. The van der Waals surface area contributed by atoms with E-state index in [0.717, 1.165) is 29.7 Å². The molecule has 1 aromatic carbocycles. The van der Waals surface area contributed by atoms with Gasteiger partial charge in [0.25, 0.3) is 0 Å². The van der Waals surface area contributed by atoms with Crippen LogP contribution in [0.1, 0.15) is 6.42 Å². The molecule has 2 rings (SSSR count). The van der Waals surface area contributed by atoms with Crippen molar-refractivity contribution in [3.05, 3.63) is 33.9 Å². The van der Waals surface area contributed by atoms with E-state index >= 15 is 0 Å². The lowest BCUT2D eigenvalue weighted by Crippen LogP contribution is -2.18. The van der Waals surface area contributed by atoms with E-state index in [1.807, 2.05) is 28.8 Å². The molecule has 16 heavy (non-hydrogen) atoms. The van der Waals surface area contributed by atoms with Crippen molar-refractivity contribution in [2.45, 2.75) is 13.0 Å². The summed E-state index contributed by atoms with van der Waals surface area (Å²) in [6.45, 7) is 1.82. The van der Waals surface area contributed by atoms with E-state index in [0.29, 0.717) is 0 Å². The van der Waals surface area contributed by atoms with Crippen LogP contribution in [0.2, 0.25) is 0 Å². The molecule has 0 aliphatic rings. The van der Waals surface area contributed by atoms with Gasteiger partial charge in [-0.2, -0.15) is 0 Å². The summed E-state index contributed by atoms with van der Waals surface area (Å²) >= 11 is 1.33. The van der Waals surface area contributed by atoms with Gasteiger partial charge in [-0.3, -0.25) is 9.36 Å². The first kappa shape index (κ1) is 11.4. The number of fused-ring (bicyclic) bond motifs is 1. The molecule has 0 aliphatic heterocycles. The van der Waals surface area contributed by atoms with E-state index in [-0.39, 0.29) is 4.87 Å². The van der Waals surface area contributed by atoms with E-state index in [4.69, 9.17) is 0 Å². The van der Waals surface area contributed by atoms with Crippen molar-refractivity contribution in [1.29, 1.82) is 0 Å². The summed E-state index contributed by atoms with van der Waals surface area (Å²) < 4.78 is 2.96. The Balaban J connectivity index is 2.23. The Morgan fingerprint density at radius 1 is 1.31 bits per heavy atom. The summed E-state index contributed by atoms with van der Waals surface area (Å²) in [7, 11) is 4.10. The number of nitrogens with zero attached hydrogens (tertiary/aromatic N) is 2. The number of benzene rings is 1. The Labute approximate surface area is 98.9 Å². The zero-order chi connectivity index (χ0) is 11.5. The topological polar surface area (TPSA) is 25.2 Å². The third-order valence-corrected chi connectivity index (χ3v) is 3.52. The fourth-order valence-electron chi connectivity index (χ4n) is 1.77. The fraction of sp³-hybridized carbons (Fsp3) is 0.417. The van der Waals surface area contributed by atoms with E-state index in [9.17, 15) is 4.79 Å². The quantitative estimate of drug-likeness (QED) is 0.811. The molecule has 0 N–H and O–H groups in total. The molecule has 3 nitrogen and oxygen atoms in total. The average Bonchev–Trinajstić information content (AvgIpc) is 2.55. The SMILES string of the molecule is CN(C)CCCn1c(=O)sc2ccccc21. The predicted octanol–water partition coefficient (Wildman–Crippen LogP) is 2.01. The van der Waals surface area contributed by atoms with Gasteiger partial charge in [-0.15, -0.1) is 0 Å². The number of aryl methyl sites for hydroxylation is 1. The molecule has 0 fully saturated rings. The molecule has 2 aromatic rings. The van der Waals surface area contributed by atoms with Gasteiger partial charge in [0.15, 0.2) is 0 Å². The van der Waals surface area contributed by atoms with Crippen LogP contribution in [0, 0.1) is 0 Å². The summed E-state index contributed by atoms with van der Waals surface area (Å²) in [6.07, 6.45) is 1.01. The van der Waals surface area contributed by atoms with Gasteiger partial charge in [-0.25, -0.2) is 0 Å². The molecule has 0 aliphatic carbocycles. The molecular formula is C12H16N2OS. The minimum Gasteiger partial charge on any atom is -0.309 e. The van der Waals surface area contributed by atoms with Crippen molar-refractivity contribution in [2.75, 3.05) is 20.6 Å². The number of thiazole rings is 1. The fourth-order valence-corrected chi connectivity index (χ4v) is 2.69. The van der Waals surface area contributed by atoms with Gasteiger partial charge in [0, 0.05) is 6.54 Å². The highest BCUT2D eigenvalue weighted by atomic mass is 32.1. The molecular weight excluding hydrogens is 220 g/mol. The minimum atomic E-state index is 0.153. The summed E-state index contributed by atoms with van der Waals surface area (Å²) in [5.41, 5.74) is 1.07. The summed E-state index contributed by atoms with van der Waals surface area (Å²) in [6, 6.07) is 7.98. The van der Waals surface area contributed by atoms with Gasteiger partial charge >= 0.3 is 4.87 Å². The van der Waals surface area contributed by atoms with Crippen LogP contribution in [0.3, 0.4) is 0 Å². The van der Waals surface area contributed by atoms with Crippen LogP contribution >= 0.6 is 11.3 Å². The maximum Gasteiger partial charge on any atom is 0.308 e. The Bertz CT molecular complexity index is 527. The van der Waals surface area contributed by atoms with Crippen LogP contribution < -0.4 is 4.87 Å². The predicted molar refractivity (Wildman–Crippen MR) is 69.3 cm³/mol. The zero-order valence-electron chi connectivity index (χ0n) is 9.64. The van der Waals surface area contributed by atoms with Gasteiger partial charge < -0.3 is 4.90 Å². The maximum absolute atomic E-state index is 11.8.